The van der Waals surface area contributed by atoms with E-state index in [-0.39, 0.29) is 6.10 Å². The number of amides is 1. The Morgan fingerprint density at radius 3 is 2.89 bits per heavy atom. The Balaban J connectivity index is 1.94. The molecule has 0 radical (unpaired) electrons. The predicted molar refractivity (Wildman–Crippen MR) is 68.4 cm³/mol. The number of primary amides is 1. The lowest BCUT2D eigenvalue weighted by Gasteiger charge is -2.23. The fraction of sp³-hybridized carbons (Fsp3) is 0.417. The maximum absolute atomic E-state index is 11.0. The first-order valence-electron chi connectivity index (χ1n) is 5.79. The van der Waals surface area contributed by atoms with Crippen molar-refractivity contribution < 1.29 is 14.3 Å². The normalized spacial score (nSPS) is 19.4. The van der Waals surface area contributed by atoms with Gasteiger partial charge in [-0.25, -0.2) is 0 Å². The average Bonchev–Trinajstić information content (AvgIpc) is 2.38. The minimum Gasteiger partial charge on any atom is -0.397 e. The Kier molecular flexibility index (Phi) is 4.01. The third kappa shape index (κ3) is 3.12. The number of nitrogens with one attached hydrogen (secondary N) is 1. The molecule has 2 rings (SSSR count). The maximum atomic E-state index is 11.0. The van der Waals surface area contributed by atoms with Crippen molar-refractivity contribution in [2.45, 2.75) is 6.10 Å². The molecule has 1 aromatic carbocycles. The topological polar surface area (TPSA) is 99.6 Å². The van der Waals surface area contributed by atoms with Crippen molar-refractivity contribution in [3.05, 3.63) is 23.8 Å². The average molecular weight is 251 g/mol. The molecule has 18 heavy (non-hydrogen) atoms. The Morgan fingerprint density at radius 1 is 1.44 bits per heavy atom. The third-order valence-corrected chi connectivity index (χ3v) is 2.74. The number of rotatable bonds is 4. The Labute approximate surface area is 105 Å². The molecule has 5 N–H and O–H groups in total. The molecular weight excluding hydrogens is 234 g/mol. The van der Waals surface area contributed by atoms with Crippen molar-refractivity contribution in [2.24, 2.45) is 5.73 Å². The van der Waals surface area contributed by atoms with Crippen LogP contribution in [0.5, 0.6) is 0 Å². The second-order valence-corrected chi connectivity index (χ2v) is 4.11. The summed E-state index contributed by atoms with van der Waals surface area (Å²) in [5.74, 6) is -0.489. The van der Waals surface area contributed by atoms with E-state index in [0.717, 1.165) is 5.69 Å². The summed E-state index contributed by atoms with van der Waals surface area (Å²) in [5.41, 5.74) is 12.7. The number of hydrogen-bond donors (Lipinski definition) is 3. The van der Waals surface area contributed by atoms with E-state index in [0.29, 0.717) is 37.6 Å². The molecule has 6 heteroatoms. The van der Waals surface area contributed by atoms with Gasteiger partial charge in [-0.05, 0) is 18.2 Å². The van der Waals surface area contributed by atoms with Crippen molar-refractivity contribution in [1.82, 2.24) is 0 Å². The highest BCUT2D eigenvalue weighted by molar-refractivity contribution is 5.94. The third-order valence-electron chi connectivity index (χ3n) is 2.74. The summed E-state index contributed by atoms with van der Waals surface area (Å²) in [7, 11) is 0. The van der Waals surface area contributed by atoms with Crippen molar-refractivity contribution in [3.8, 4) is 0 Å². The molecular formula is C12H17N3O3. The Hall–Kier alpha value is -1.79. The lowest BCUT2D eigenvalue weighted by molar-refractivity contribution is -0.0818. The lowest BCUT2D eigenvalue weighted by Crippen LogP contribution is -2.34. The molecule has 98 valence electrons. The molecule has 1 atom stereocenters. The van der Waals surface area contributed by atoms with Gasteiger partial charge < -0.3 is 26.3 Å². The van der Waals surface area contributed by atoms with Crippen molar-refractivity contribution in [3.63, 3.8) is 0 Å². The van der Waals surface area contributed by atoms with Crippen LogP contribution in [-0.2, 0) is 9.47 Å². The first kappa shape index (κ1) is 12.7. The van der Waals surface area contributed by atoms with E-state index < -0.39 is 5.91 Å². The quantitative estimate of drug-likeness (QED) is 0.664. The number of anilines is 2. The minimum absolute atomic E-state index is 0.0222. The highest BCUT2D eigenvalue weighted by Gasteiger charge is 2.14. The maximum Gasteiger partial charge on any atom is 0.248 e. The van der Waals surface area contributed by atoms with Crippen LogP contribution in [0.25, 0.3) is 0 Å². The Morgan fingerprint density at radius 2 is 2.28 bits per heavy atom. The molecule has 0 saturated carbocycles. The zero-order valence-electron chi connectivity index (χ0n) is 10.0. The summed E-state index contributed by atoms with van der Waals surface area (Å²) in [4.78, 5) is 11.0. The van der Waals surface area contributed by atoms with Crippen LogP contribution in [0.4, 0.5) is 11.4 Å². The van der Waals surface area contributed by atoms with Crippen LogP contribution in [0.1, 0.15) is 10.4 Å². The fourth-order valence-electron chi connectivity index (χ4n) is 1.76. The molecule has 1 saturated heterocycles. The van der Waals surface area contributed by atoms with Crippen LogP contribution >= 0.6 is 0 Å². The second-order valence-electron chi connectivity index (χ2n) is 4.11. The monoisotopic (exact) mass is 251 g/mol. The summed E-state index contributed by atoms with van der Waals surface area (Å²) >= 11 is 0. The van der Waals surface area contributed by atoms with Crippen LogP contribution < -0.4 is 16.8 Å². The van der Waals surface area contributed by atoms with Crippen LogP contribution in [0.2, 0.25) is 0 Å². The first-order valence-corrected chi connectivity index (χ1v) is 5.79. The summed E-state index contributed by atoms with van der Waals surface area (Å²) < 4.78 is 10.8. The van der Waals surface area contributed by atoms with Gasteiger partial charge in [0.1, 0.15) is 0 Å². The van der Waals surface area contributed by atoms with E-state index in [1.165, 1.54) is 0 Å². The molecule has 1 aliphatic rings. The van der Waals surface area contributed by atoms with E-state index in [1.807, 2.05) is 0 Å². The summed E-state index contributed by atoms with van der Waals surface area (Å²) in [5, 5.41) is 3.17. The molecule has 0 bridgehead atoms. The lowest BCUT2D eigenvalue weighted by atomic mass is 10.1. The van der Waals surface area contributed by atoms with Crippen LogP contribution in [0, 0.1) is 0 Å². The first-order chi connectivity index (χ1) is 8.66. The highest BCUT2D eigenvalue weighted by Crippen LogP contribution is 2.20. The highest BCUT2D eigenvalue weighted by atomic mass is 16.6. The summed E-state index contributed by atoms with van der Waals surface area (Å²) in [6.45, 7) is 2.45. The van der Waals surface area contributed by atoms with Gasteiger partial charge in [-0.15, -0.1) is 0 Å². The van der Waals surface area contributed by atoms with Crippen LogP contribution in [0.15, 0.2) is 18.2 Å². The largest absolute Gasteiger partial charge is 0.397 e. The standard InChI is InChI=1S/C12H17N3O3/c13-10-5-8(12(14)16)1-2-11(10)15-6-9-7-17-3-4-18-9/h1-2,5,9,15H,3-4,6-7,13H2,(H2,14,16). The van der Waals surface area contributed by atoms with Crippen LogP contribution in [-0.4, -0.2) is 38.4 Å². The number of hydrogen-bond acceptors (Lipinski definition) is 5. The van der Waals surface area contributed by atoms with E-state index in [2.05, 4.69) is 5.32 Å². The van der Waals surface area contributed by atoms with Gasteiger partial charge in [-0.3, -0.25) is 4.79 Å². The molecule has 1 aliphatic heterocycles. The molecule has 0 aromatic heterocycles. The van der Waals surface area contributed by atoms with Crippen molar-refractivity contribution >= 4 is 17.3 Å². The van der Waals surface area contributed by atoms with Gasteiger partial charge in [-0.2, -0.15) is 0 Å². The number of carbonyl (C=O) groups is 1. The van der Waals surface area contributed by atoms with Crippen LogP contribution in [0.3, 0.4) is 0 Å². The predicted octanol–water partition coefficient (Wildman–Crippen LogP) is 0.195. The van der Waals surface area contributed by atoms with E-state index in [9.17, 15) is 4.79 Å². The second kappa shape index (κ2) is 5.70. The molecule has 1 fully saturated rings. The summed E-state index contributed by atoms with van der Waals surface area (Å²) in [6.07, 6.45) is 0.0222. The van der Waals surface area contributed by atoms with Crippen molar-refractivity contribution in [1.29, 1.82) is 0 Å². The van der Waals surface area contributed by atoms with E-state index in [1.54, 1.807) is 18.2 Å². The fourth-order valence-corrected chi connectivity index (χ4v) is 1.76. The SMILES string of the molecule is NC(=O)c1ccc(NCC2COCCO2)c(N)c1. The Bertz CT molecular complexity index is 431. The number of ether oxygens (including phenoxy) is 2. The molecule has 0 spiro atoms. The number of nitrogen functional groups attached to an aromatic ring is 1. The van der Waals surface area contributed by atoms with Gasteiger partial charge in [-0.1, -0.05) is 0 Å². The molecule has 1 unspecified atom stereocenters. The minimum atomic E-state index is -0.489. The van der Waals surface area contributed by atoms with Gasteiger partial charge >= 0.3 is 0 Å². The van der Waals surface area contributed by atoms with E-state index >= 15 is 0 Å². The van der Waals surface area contributed by atoms with Crippen molar-refractivity contribution in [2.75, 3.05) is 37.4 Å². The molecule has 6 nitrogen and oxygen atoms in total. The number of carbonyl (C=O) groups excluding carboxylic acids is 1. The zero-order valence-corrected chi connectivity index (χ0v) is 10.0. The summed E-state index contributed by atoms with van der Waals surface area (Å²) in [6, 6.07) is 4.93. The number of benzene rings is 1. The molecule has 1 heterocycles. The zero-order chi connectivity index (χ0) is 13.0. The number of nitrogens with two attached hydrogens (primary N) is 2. The molecule has 0 aliphatic carbocycles. The van der Waals surface area contributed by atoms with E-state index in [4.69, 9.17) is 20.9 Å². The van der Waals surface area contributed by atoms with Gasteiger partial charge in [0, 0.05) is 12.1 Å². The van der Waals surface area contributed by atoms with Gasteiger partial charge in [0.15, 0.2) is 0 Å². The van der Waals surface area contributed by atoms with Gasteiger partial charge in [0.05, 0.1) is 37.3 Å². The smallest absolute Gasteiger partial charge is 0.248 e. The molecule has 1 aromatic rings. The molecule has 1 amide bonds. The van der Waals surface area contributed by atoms with Gasteiger partial charge in [0.2, 0.25) is 5.91 Å². The van der Waals surface area contributed by atoms with Gasteiger partial charge in [0.25, 0.3) is 0 Å².